The van der Waals surface area contributed by atoms with E-state index in [0.29, 0.717) is 10.9 Å². The molecule has 1 saturated carbocycles. The van der Waals surface area contributed by atoms with E-state index in [1.54, 1.807) is 12.1 Å². The van der Waals surface area contributed by atoms with E-state index in [1.807, 2.05) is 13.8 Å². The van der Waals surface area contributed by atoms with E-state index < -0.39 is 5.69 Å². The minimum atomic E-state index is -0.538. The van der Waals surface area contributed by atoms with Crippen molar-refractivity contribution in [2.24, 2.45) is 7.05 Å². The van der Waals surface area contributed by atoms with Gasteiger partial charge in [0.05, 0.1) is 10.9 Å². The molecule has 176 valence electrons. The predicted octanol–water partition coefficient (Wildman–Crippen LogP) is 1.33. The molecular weight excluding hydrogens is 424 g/mol. The number of hydrogen-bond acceptors (Lipinski definition) is 5. The minimum absolute atomic E-state index is 0.00925. The van der Waals surface area contributed by atoms with E-state index in [4.69, 9.17) is 0 Å². The number of hydrogen-bond donors (Lipinski definition) is 2. The van der Waals surface area contributed by atoms with Crippen LogP contribution in [0.2, 0.25) is 0 Å². The molecule has 2 aromatic heterocycles. The molecule has 1 unspecified atom stereocenters. The molecule has 1 aliphatic rings. The Morgan fingerprint density at radius 1 is 1.18 bits per heavy atom. The maximum atomic E-state index is 13.2. The van der Waals surface area contributed by atoms with Crippen LogP contribution < -0.4 is 21.9 Å². The Morgan fingerprint density at radius 3 is 2.61 bits per heavy atom. The van der Waals surface area contributed by atoms with Gasteiger partial charge in [-0.25, -0.2) is 13.9 Å². The van der Waals surface area contributed by atoms with E-state index >= 15 is 0 Å². The third kappa shape index (κ3) is 4.42. The fourth-order valence-corrected chi connectivity index (χ4v) is 4.30. The molecule has 1 atom stereocenters. The topological polar surface area (TPSA) is 120 Å². The first-order valence-electron chi connectivity index (χ1n) is 11.5. The first-order valence-corrected chi connectivity index (χ1v) is 11.5. The predicted molar refractivity (Wildman–Crippen MR) is 124 cm³/mol. The lowest BCUT2D eigenvalue weighted by Crippen LogP contribution is -2.40. The highest BCUT2D eigenvalue weighted by atomic mass is 16.2. The van der Waals surface area contributed by atoms with Gasteiger partial charge in [0.25, 0.3) is 11.5 Å². The maximum absolute atomic E-state index is 13.2. The Morgan fingerprint density at radius 2 is 1.91 bits per heavy atom. The van der Waals surface area contributed by atoms with Crippen LogP contribution in [0.4, 0.5) is 0 Å². The molecule has 1 aliphatic carbocycles. The monoisotopic (exact) mass is 454 g/mol. The maximum Gasteiger partial charge on any atom is 0.352 e. The number of aryl methyl sites for hydroxylation is 1. The number of aromatic nitrogens is 4. The van der Waals surface area contributed by atoms with Crippen molar-refractivity contribution in [3.63, 3.8) is 0 Å². The molecule has 2 N–H and O–H groups in total. The third-order valence-electron chi connectivity index (χ3n) is 6.41. The van der Waals surface area contributed by atoms with Gasteiger partial charge in [0, 0.05) is 24.7 Å². The minimum Gasteiger partial charge on any atom is -0.352 e. The van der Waals surface area contributed by atoms with Crippen LogP contribution >= 0.6 is 0 Å². The Hall–Kier alpha value is -3.43. The molecule has 0 bridgehead atoms. The number of nitrogens with one attached hydrogen (secondary N) is 2. The van der Waals surface area contributed by atoms with Gasteiger partial charge in [-0.15, -0.1) is 5.10 Å². The molecule has 33 heavy (non-hydrogen) atoms. The molecule has 1 aromatic carbocycles. The molecule has 2 amide bonds. The van der Waals surface area contributed by atoms with Crippen LogP contribution in [0.1, 0.15) is 62.7 Å². The zero-order valence-electron chi connectivity index (χ0n) is 19.3. The number of carbonyl (C=O) groups excluding carboxylic acids is 2. The lowest BCUT2D eigenvalue weighted by molar-refractivity contribution is -0.122. The molecule has 0 aliphatic heterocycles. The standard InChI is InChI=1S/C23H30N6O4/c1-4-14(2)24-20(31)15-10-11-17-18(12-15)29-22(27(3)21(17)32)26-28(23(29)33)13-19(30)25-16-8-6-5-7-9-16/h10-12,14,16H,4-9,13H2,1-3H3,(H,24,31)(H,25,30). The van der Waals surface area contributed by atoms with Crippen LogP contribution in [0.15, 0.2) is 27.8 Å². The van der Waals surface area contributed by atoms with Crippen LogP contribution in [0.5, 0.6) is 0 Å². The number of benzene rings is 1. The zero-order chi connectivity index (χ0) is 23.7. The Labute approximate surface area is 190 Å². The van der Waals surface area contributed by atoms with Crippen molar-refractivity contribution < 1.29 is 9.59 Å². The fraction of sp³-hybridized carbons (Fsp3) is 0.522. The van der Waals surface area contributed by atoms with Crippen LogP contribution in [-0.2, 0) is 18.4 Å². The molecule has 0 saturated heterocycles. The average Bonchev–Trinajstić information content (AvgIpc) is 3.13. The molecule has 3 aromatic rings. The molecule has 10 nitrogen and oxygen atoms in total. The fourth-order valence-electron chi connectivity index (χ4n) is 4.30. The van der Waals surface area contributed by atoms with Gasteiger partial charge in [-0.05, 0) is 44.4 Å². The second kappa shape index (κ2) is 9.21. The van der Waals surface area contributed by atoms with E-state index in [-0.39, 0.29) is 47.3 Å². The molecular formula is C23H30N6O4. The van der Waals surface area contributed by atoms with Gasteiger partial charge in [0.15, 0.2) is 0 Å². The summed E-state index contributed by atoms with van der Waals surface area (Å²) in [5, 5.41) is 10.4. The van der Waals surface area contributed by atoms with Crippen molar-refractivity contribution in [3.05, 3.63) is 44.6 Å². The van der Waals surface area contributed by atoms with Crippen molar-refractivity contribution >= 4 is 28.5 Å². The second-order valence-corrected chi connectivity index (χ2v) is 8.86. The second-order valence-electron chi connectivity index (χ2n) is 8.86. The summed E-state index contributed by atoms with van der Waals surface area (Å²) in [6.07, 6.45) is 6.00. The lowest BCUT2D eigenvalue weighted by atomic mass is 9.95. The summed E-state index contributed by atoms with van der Waals surface area (Å²) in [6.45, 7) is 3.64. The van der Waals surface area contributed by atoms with E-state index in [0.717, 1.165) is 36.8 Å². The quantitative estimate of drug-likeness (QED) is 0.582. The molecule has 10 heteroatoms. The first kappa shape index (κ1) is 22.8. The van der Waals surface area contributed by atoms with Gasteiger partial charge in [-0.2, -0.15) is 0 Å². The normalized spacial score (nSPS) is 15.6. The van der Waals surface area contributed by atoms with Gasteiger partial charge in [-0.1, -0.05) is 26.2 Å². The van der Waals surface area contributed by atoms with Crippen LogP contribution in [0.3, 0.4) is 0 Å². The van der Waals surface area contributed by atoms with Crippen molar-refractivity contribution in [2.45, 2.75) is 71.0 Å². The van der Waals surface area contributed by atoms with Gasteiger partial charge in [0.2, 0.25) is 11.7 Å². The smallest absolute Gasteiger partial charge is 0.352 e. The molecule has 1 fully saturated rings. The molecule has 0 radical (unpaired) electrons. The van der Waals surface area contributed by atoms with Crippen LogP contribution in [0.25, 0.3) is 16.7 Å². The van der Waals surface area contributed by atoms with Crippen molar-refractivity contribution in [3.8, 4) is 0 Å². The summed E-state index contributed by atoms with van der Waals surface area (Å²) < 4.78 is 3.63. The largest absolute Gasteiger partial charge is 0.352 e. The molecule has 0 spiro atoms. The number of amides is 2. The van der Waals surface area contributed by atoms with Gasteiger partial charge in [-0.3, -0.25) is 19.0 Å². The summed E-state index contributed by atoms with van der Waals surface area (Å²) in [5.74, 6) is -0.454. The lowest BCUT2D eigenvalue weighted by Gasteiger charge is -2.22. The van der Waals surface area contributed by atoms with Crippen molar-refractivity contribution in [1.82, 2.24) is 29.4 Å². The molecule has 2 heterocycles. The van der Waals surface area contributed by atoms with Crippen LogP contribution in [0, 0.1) is 0 Å². The van der Waals surface area contributed by atoms with E-state index in [1.165, 1.54) is 28.5 Å². The Bertz CT molecular complexity index is 1330. The SMILES string of the molecule is CCC(C)NC(=O)c1ccc2c(=O)n(C)c3nn(CC(=O)NC4CCCCC4)c(=O)n3c2c1. The summed E-state index contributed by atoms with van der Waals surface area (Å²) >= 11 is 0. The van der Waals surface area contributed by atoms with Crippen molar-refractivity contribution in [2.75, 3.05) is 0 Å². The van der Waals surface area contributed by atoms with Gasteiger partial charge in [0.1, 0.15) is 6.54 Å². The summed E-state index contributed by atoms with van der Waals surface area (Å²) in [5.41, 5.74) is -0.250. The summed E-state index contributed by atoms with van der Waals surface area (Å²) in [4.78, 5) is 51.3. The Balaban J connectivity index is 1.74. The summed E-state index contributed by atoms with van der Waals surface area (Å²) in [7, 11) is 1.53. The highest BCUT2D eigenvalue weighted by molar-refractivity contribution is 5.98. The number of carbonyl (C=O) groups is 2. The zero-order valence-corrected chi connectivity index (χ0v) is 19.3. The van der Waals surface area contributed by atoms with E-state index in [2.05, 4.69) is 15.7 Å². The number of rotatable bonds is 6. The molecule has 4 rings (SSSR count). The Kier molecular flexibility index (Phi) is 6.35. The van der Waals surface area contributed by atoms with Crippen molar-refractivity contribution in [1.29, 1.82) is 0 Å². The third-order valence-corrected chi connectivity index (χ3v) is 6.41. The highest BCUT2D eigenvalue weighted by Crippen LogP contribution is 2.17. The van der Waals surface area contributed by atoms with Gasteiger partial charge >= 0.3 is 5.69 Å². The average molecular weight is 455 g/mol. The van der Waals surface area contributed by atoms with E-state index in [9.17, 15) is 19.2 Å². The van der Waals surface area contributed by atoms with Gasteiger partial charge < -0.3 is 10.6 Å². The number of nitrogens with zero attached hydrogens (tertiary/aromatic N) is 4. The van der Waals surface area contributed by atoms with Crippen LogP contribution in [-0.4, -0.2) is 42.6 Å². The number of fused-ring (bicyclic) bond motifs is 3. The highest BCUT2D eigenvalue weighted by Gasteiger charge is 2.21. The summed E-state index contributed by atoms with van der Waals surface area (Å²) in [6, 6.07) is 4.75. The first-order chi connectivity index (χ1) is 15.8.